The molecule has 0 aliphatic carbocycles. The lowest BCUT2D eigenvalue weighted by atomic mass is 10.1. The second-order valence-electron chi connectivity index (χ2n) is 5.98. The summed E-state index contributed by atoms with van der Waals surface area (Å²) in [6.07, 6.45) is 0. The number of ether oxygens (including phenoxy) is 1. The maximum Gasteiger partial charge on any atom is 0.325 e. The first kappa shape index (κ1) is 20.0. The highest BCUT2D eigenvalue weighted by Gasteiger charge is 2.15. The van der Waals surface area contributed by atoms with Crippen molar-refractivity contribution in [3.63, 3.8) is 0 Å². The summed E-state index contributed by atoms with van der Waals surface area (Å²) in [5.41, 5.74) is 5.78. The third-order valence-electron chi connectivity index (χ3n) is 3.95. The molecule has 2 aromatic carbocycles. The van der Waals surface area contributed by atoms with Gasteiger partial charge < -0.3 is 21.1 Å². The number of nitrogens with one attached hydrogen (secondary N) is 2. The standard InChI is InChI=1S/C20H17N3O5S/c21-18(26)15-7-8-29-20(15)23-16(24)11-28-17(25)10-22-19(27)14-6-5-12-3-1-2-4-13(12)9-14/h1-9H,10-11H2,(H2,21,26)(H,22,27)(H,23,24). The van der Waals surface area contributed by atoms with Crippen LogP contribution in [0.15, 0.2) is 53.9 Å². The number of hydrogen-bond acceptors (Lipinski definition) is 6. The molecule has 0 saturated heterocycles. The molecule has 0 aliphatic rings. The largest absolute Gasteiger partial charge is 0.454 e. The predicted molar refractivity (Wildman–Crippen MR) is 109 cm³/mol. The molecule has 148 valence electrons. The Hall–Kier alpha value is -3.72. The van der Waals surface area contributed by atoms with Crippen molar-refractivity contribution in [2.45, 2.75) is 0 Å². The minimum absolute atomic E-state index is 0.178. The number of rotatable bonds is 7. The lowest BCUT2D eigenvalue weighted by molar-refractivity contribution is -0.146. The summed E-state index contributed by atoms with van der Waals surface area (Å²) in [7, 11) is 0. The topological polar surface area (TPSA) is 128 Å². The van der Waals surface area contributed by atoms with Crippen LogP contribution in [-0.4, -0.2) is 36.8 Å². The summed E-state index contributed by atoms with van der Waals surface area (Å²) >= 11 is 1.12. The van der Waals surface area contributed by atoms with Gasteiger partial charge in [0.2, 0.25) is 0 Å². The van der Waals surface area contributed by atoms with Gasteiger partial charge in [0.25, 0.3) is 17.7 Å². The molecule has 0 radical (unpaired) electrons. The molecule has 0 saturated carbocycles. The molecule has 0 bridgehead atoms. The number of thiophene rings is 1. The van der Waals surface area contributed by atoms with E-state index >= 15 is 0 Å². The highest BCUT2D eigenvalue weighted by Crippen LogP contribution is 2.22. The molecule has 3 aromatic rings. The van der Waals surface area contributed by atoms with E-state index in [0.29, 0.717) is 5.56 Å². The van der Waals surface area contributed by atoms with Gasteiger partial charge in [-0.3, -0.25) is 19.2 Å². The molecular formula is C20H17N3O5S. The number of benzene rings is 2. The Morgan fingerprint density at radius 3 is 2.52 bits per heavy atom. The number of carbonyl (C=O) groups is 4. The quantitative estimate of drug-likeness (QED) is 0.512. The summed E-state index contributed by atoms with van der Waals surface area (Å²) in [5, 5.41) is 8.69. The third kappa shape index (κ3) is 5.17. The number of primary amides is 1. The van der Waals surface area contributed by atoms with Crippen LogP contribution in [0.4, 0.5) is 5.00 Å². The summed E-state index contributed by atoms with van der Waals surface area (Å²) in [5.74, 6) is -2.49. The van der Waals surface area contributed by atoms with Crippen LogP contribution in [0.1, 0.15) is 20.7 Å². The molecule has 0 spiro atoms. The van der Waals surface area contributed by atoms with E-state index in [1.54, 1.807) is 17.5 Å². The number of carbonyl (C=O) groups excluding carboxylic acids is 4. The number of fused-ring (bicyclic) bond motifs is 1. The minimum atomic E-state index is -0.768. The van der Waals surface area contributed by atoms with Crippen LogP contribution in [-0.2, 0) is 14.3 Å². The van der Waals surface area contributed by atoms with Crippen LogP contribution < -0.4 is 16.4 Å². The smallest absolute Gasteiger partial charge is 0.325 e. The van der Waals surface area contributed by atoms with Gasteiger partial charge in [-0.1, -0.05) is 30.3 Å². The van der Waals surface area contributed by atoms with Crippen molar-refractivity contribution in [1.29, 1.82) is 0 Å². The first-order valence-corrected chi connectivity index (χ1v) is 9.42. The van der Waals surface area contributed by atoms with Gasteiger partial charge in [0, 0.05) is 5.56 Å². The molecule has 1 heterocycles. The first-order valence-electron chi connectivity index (χ1n) is 8.54. The molecule has 29 heavy (non-hydrogen) atoms. The highest BCUT2D eigenvalue weighted by atomic mass is 32.1. The highest BCUT2D eigenvalue weighted by molar-refractivity contribution is 7.14. The Bertz CT molecular complexity index is 1090. The number of anilines is 1. The van der Waals surface area contributed by atoms with Crippen molar-refractivity contribution in [2.75, 3.05) is 18.5 Å². The van der Waals surface area contributed by atoms with Gasteiger partial charge in [0.1, 0.15) is 11.5 Å². The van der Waals surface area contributed by atoms with Gasteiger partial charge in [0.15, 0.2) is 6.61 Å². The van der Waals surface area contributed by atoms with Gasteiger partial charge in [-0.2, -0.15) is 0 Å². The van der Waals surface area contributed by atoms with E-state index in [0.717, 1.165) is 22.1 Å². The summed E-state index contributed by atoms with van der Waals surface area (Å²) in [6, 6.07) is 14.3. The van der Waals surface area contributed by atoms with E-state index in [1.807, 2.05) is 30.3 Å². The second kappa shape index (κ2) is 8.98. The number of hydrogen-bond donors (Lipinski definition) is 3. The monoisotopic (exact) mass is 411 g/mol. The lowest BCUT2D eigenvalue weighted by Gasteiger charge is -2.08. The van der Waals surface area contributed by atoms with Crippen molar-refractivity contribution in [3.05, 3.63) is 65.0 Å². The summed E-state index contributed by atoms with van der Waals surface area (Å²) < 4.78 is 4.83. The fourth-order valence-corrected chi connectivity index (χ4v) is 3.35. The van der Waals surface area contributed by atoms with Crippen molar-refractivity contribution < 1.29 is 23.9 Å². The van der Waals surface area contributed by atoms with Gasteiger partial charge in [-0.25, -0.2) is 0 Å². The minimum Gasteiger partial charge on any atom is -0.454 e. The lowest BCUT2D eigenvalue weighted by Crippen LogP contribution is -2.32. The van der Waals surface area contributed by atoms with Gasteiger partial charge in [0.05, 0.1) is 5.56 Å². The van der Waals surface area contributed by atoms with Gasteiger partial charge in [-0.15, -0.1) is 11.3 Å². The fourth-order valence-electron chi connectivity index (χ4n) is 2.54. The van der Waals surface area contributed by atoms with Crippen LogP contribution in [0.5, 0.6) is 0 Å². The number of amides is 3. The maximum absolute atomic E-state index is 12.2. The molecule has 0 fully saturated rings. The zero-order valence-corrected chi connectivity index (χ0v) is 16.0. The Balaban J connectivity index is 1.46. The van der Waals surface area contributed by atoms with Gasteiger partial charge in [-0.05, 0) is 34.4 Å². The normalized spacial score (nSPS) is 10.3. The number of nitrogens with two attached hydrogens (primary N) is 1. The van der Waals surface area contributed by atoms with Crippen LogP contribution in [0.3, 0.4) is 0 Å². The van der Waals surface area contributed by atoms with Crippen molar-refractivity contribution in [1.82, 2.24) is 5.32 Å². The molecule has 0 atom stereocenters. The van der Waals surface area contributed by atoms with E-state index in [2.05, 4.69) is 10.6 Å². The Labute approximate surface area is 169 Å². The van der Waals surface area contributed by atoms with Crippen molar-refractivity contribution in [2.24, 2.45) is 5.73 Å². The van der Waals surface area contributed by atoms with E-state index < -0.39 is 30.3 Å². The average Bonchev–Trinajstić information content (AvgIpc) is 3.18. The zero-order chi connectivity index (χ0) is 20.8. The average molecular weight is 411 g/mol. The van der Waals surface area contributed by atoms with Crippen LogP contribution in [0, 0.1) is 0 Å². The molecule has 9 heteroatoms. The van der Waals surface area contributed by atoms with Gasteiger partial charge >= 0.3 is 5.97 Å². The molecule has 3 rings (SSSR count). The van der Waals surface area contributed by atoms with E-state index in [9.17, 15) is 19.2 Å². The Morgan fingerprint density at radius 2 is 1.76 bits per heavy atom. The third-order valence-corrected chi connectivity index (χ3v) is 4.78. The fraction of sp³-hybridized carbons (Fsp3) is 0.100. The second-order valence-corrected chi connectivity index (χ2v) is 6.90. The first-order chi connectivity index (χ1) is 13.9. The Kier molecular flexibility index (Phi) is 6.20. The van der Waals surface area contributed by atoms with Crippen LogP contribution in [0.25, 0.3) is 10.8 Å². The molecule has 0 unspecified atom stereocenters. The molecule has 3 amide bonds. The molecule has 0 aliphatic heterocycles. The van der Waals surface area contributed by atoms with E-state index in [1.165, 1.54) is 6.07 Å². The van der Waals surface area contributed by atoms with E-state index in [-0.39, 0.29) is 17.1 Å². The molecule has 4 N–H and O–H groups in total. The number of esters is 1. The SMILES string of the molecule is NC(=O)c1ccsc1NC(=O)COC(=O)CNC(=O)c1ccc2ccccc2c1. The zero-order valence-electron chi connectivity index (χ0n) is 15.1. The van der Waals surface area contributed by atoms with Crippen molar-refractivity contribution >= 4 is 50.8 Å². The van der Waals surface area contributed by atoms with Crippen LogP contribution >= 0.6 is 11.3 Å². The maximum atomic E-state index is 12.2. The molecule has 1 aromatic heterocycles. The summed E-state index contributed by atoms with van der Waals surface area (Å²) in [4.78, 5) is 47.1. The molecular weight excluding hydrogens is 394 g/mol. The van der Waals surface area contributed by atoms with E-state index in [4.69, 9.17) is 10.5 Å². The molecule has 8 nitrogen and oxygen atoms in total. The summed E-state index contributed by atoms with van der Waals surface area (Å²) in [6.45, 7) is -0.939. The Morgan fingerprint density at radius 1 is 1.00 bits per heavy atom. The van der Waals surface area contributed by atoms with Crippen LogP contribution in [0.2, 0.25) is 0 Å². The predicted octanol–water partition coefficient (Wildman–Crippen LogP) is 1.91. The van der Waals surface area contributed by atoms with Crippen molar-refractivity contribution in [3.8, 4) is 0 Å².